The van der Waals surface area contributed by atoms with Crippen LogP contribution in [-0.4, -0.2) is 43.2 Å². The van der Waals surface area contributed by atoms with Crippen molar-refractivity contribution in [2.45, 2.75) is 30.7 Å². The minimum absolute atomic E-state index is 0. The second-order valence-electron chi connectivity index (χ2n) is 5.08. The Bertz CT molecular complexity index is 461. The maximum atomic E-state index is 12.6. The van der Waals surface area contributed by atoms with Crippen molar-refractivity contribution in [2.75, 3.05) is 26.4 Å². The summed E-state index contributed by atoms with van der Waals surface area (Å²) in [6, 6.07) is 6.49. The van der Waals surface area contributed by atoms with Gasteiger partial charge in [0.05, 0.1) is 0 Å². The third-order valence-electron chi connectivity index (χ3n) is 3.85. The van der Waals surface area contributed by atoms with Crippen LogP contribution >= 0.6 is 24.2 Å². The van der Waals surface area contributed by atoms with Crippen LogP contribution in [0.25, 0.3) is 0 Å². The van der Waals surface area contributed by atoms with Gasteiger partial charge < -0.3 is 10.2 Å². The Labute approximate surface area is 131 Å². The van der Waals surface area contributed by atoms with Crippen molar-refractivity contribution in [3.63, 3.8) is 0 Å². The van der Waals surface area contributed by atoms with Gasteiger partial charge in [0.1, 0.15) is 0 Å². The van der Waals surface area contributed by atoms with E-state index in [9.17, 15) is 4.79 Å². The number of rotatable bonds is 3. The zero-order chi connectivity index (χ0) is 13.8. The topological polar surface area (TPSA) is 32.3 Å². The molecule has 1 aromatic rings. The fourth-order valence-corrected chi connectivity index (χ4v) is 2.95. The highest BCUT2D eigenvalue weighted by Gasteiger charge is 2.23. The van der Waals surface area contributed by atoms with Gasteiger partial charge in [-0.15, -0.1) is 24.2 Å². The largest absolute Gasteiger partial charge is 0.339 e. The summed E-state index contributed by atoms with van der Waals surface area (Å²) in [4.78, 5) is 15.7. The van der Waals surface area contributed by atoms with E-state index in [1.807, 2.05) is 37.3 Å². The summed E-state index contributed by atoms with van der Waals surface area (Å²) in [7, 11) is 1.93. The molecule has 0 radical (unpaired) electrons. The van der Waals surface area contributed by atoms with E-state index in [4.69, 9.17) is 0 Å². The number of carbonyl (C=O) groups excluding carboxylic acids is 1. The van der Waals surface area contributed by atoms with E-state index in [-0.39, 0.29) is 18.3 Å². The highest BCUT2D eigenvalue weighted by molar-refractivity contribution is 7.98. The number of nitrogens with zero attached hydrogens (tertiary/aromatic N) is 1. The van der Waals surface area contributed by atoms with Crippen LogP contribution in [0.2, 0.25) is 0 Å². The van der Waals surface area contributed by atoms with Crippen LogP contribution < -0.4 is 5.32 Å². The van der Waals surface area contributed by atoms with Crippen LogP contribution in [0.15, 0.2) is 23.1 Å². The molecule has 0 aromatic heterocycles. The molecular formula is C15H23ClN2OS. The highest BCUT2D eigenvalue weighted by Crippen LogP contribution is 2.21. The predicted octanol–water partition coefficient (Wildman–Crippen LogP) is 2.96. The van der Waals surface area contributed by atoms with Crippen LogP contribution in [0.4, 0.5) is 0 Å². The van der Waals surface area contributed by atoms with Crippen molar-refractivity contribution in [3.05, 3.63) is 29.3 Å². The van der Waals surface area contributed by atoms with E-state index in [0.717, 1.165) is 42.0 Å². The minimum atomic E-state index is 0. The SMILES string of the molecule is CSc1ccc(C)c(C(=O)N(C)C2CCNCC2)c1.Cl. The van der Waals surface area contributed by atoms with Gasteiger partial charge in [-0.3, -0.25) is 4.79 Å². The third kappa shape index (κ3) is 3.90. The second kappa shape index (κ2) is 7.91. The van der Waals surface area contributed by atoms with Crippen molar-refractivity contribution in [3.8, 4) is 0 Å². The summed E-state index contributed by atoms with van der Waals surface area (Å²) in [6.07, 6.45) is 4.13. The molecule has 3 nitrogen and oxygen atoms in total. The lowest BCUT2D eigenvalue weighted by Crippen LogP contribution is -2.44. The van der Waals surface area contributed by atoms with Crippen molar-refractivity contribution >= 4 is 30.1 Å². The molecule has 1 fully saturated rings. The minimum Gasteiger partial charge on any atom is -0.339 e. The lowest BCUT2D eigenvalue weighted by molar-refractivity contribution is 0.0702. The quantitative estimate of drug-likeness (QED) is 0.871. The van der Waals surface area contributed by atoms with Gasteiger partial charge in [0.2, 0.25) is 0 Å². The van der Waals surface area contributed by atoms with Crippen LogP contribution in [0.1, 0.15) is 28.8 Å². The van der Waals surface area contributed by atoms with Crippen molar-refractivity contribution in [1.29, 1.82) is 0 Å². The first kappa shape index (κ1) is 17.3. The second-order valence-corrected chi connectivity index (χ2v) is 5.96. The molecule has 0 unspecified atom stereocenters. The Balaban J connectivity index is 0.00000200. The molecular weight excluding hydrogens is 292 g/mol. The molecule has 1 N–H and O–H groups in total. The number of amides is 1. The summed E-state index contributed by atoms with van der Waals surface area (Å²) >= 11 is 1.68. The van der Waals surface area contributed by atoms with Crippen molar-refractivity contribution in [2.24, 2.45) is 0 Å². The molecule has 1 amide bonds. The summed E-state index contributed by atoms with van der Waals surface area (Å²) in [6.45, 7) is 4.02. The summed E-state index contributed by atoms with van der Waals surface area (Å²) in [5.74, 6) is 0.153. The highest BCUT2D eigenvalue weighted by atomic mass is 35.5. The van der Waals surface area contributed by atoms with Crippen LogP contribution in [0.3, 0.4) is 0 Å². The van der Waals surface area contributed by atoms with Gasteiger partial charge in [-0.05, 0) is 56.8 Å². The normalized spacial score (nSPS) is 15.6. The predicted molar refractivity (Wildman–Crippen MR) is 88.2 cm³/mol. The first-order valence-electron chi connectivity index (χ1n) is 6.76. The van der Waals surface area contributed by atoms with Crippen molar-refractivity contribution < 1.29 is 4.79 Å². The van der Waals surface area contributed by atoms with E-state index >= 15 is 0 Å². The first-order chi connectivity index (χ1) is 9.13. The summed E-state index contributed by atoms with van der Waals surface area (Å²) < 4.78 is 0. The number of benzene rings is 1. The molecule has 1 saturated heterocycles. The van der Waals surface area contributed by atoms with Gasteiger partial charge >= 0.3 is 0 Å². The number of thioether (sulfide) groups is 1. The van der Waals surface area contributed by atoms with E-state index < -0.39 is 0 Å². The Morgan fingerprint density at radius 3 is 2.60 bits per heavy atom. The lowest BCUT2D eigenvalue weighted by Gasteiger charge is -2.32. The van der Waals surface area contributed by atoms with Gasteiger partial charge in [0, 0.05) is 23.5 Å². The van der Waals surface area contributed by atoms with Gasteiger partial charge in [-0.1, -0.05) is 6.07 Å². The number of piperidine rings is 1. The molecule has 1 aromatic carbocycles. The Hall–Kier alpha value is -0.710. The maximum Gasteiger partial charge on any atom is 0.254 e. The van der Waals surface area contributed by atoms with Gasteiger partial charge in [-0.2, -0.15) is 0 Å². The molecule has 0 spiro atoms. The molecule has 1 heterocycles. The number of hydrogen-bond donors (Lipinski definition) is 1. The smallest absolute Gasteiger partial charge is 0.254 e. The zero-order valence-corrected chi connectivity index (χ0v) is 13.9. The zero-order valence-electron chi connectivity index (χ0n) is 12.3. The molecule has 2 rings (SSSR count). The molecule has 0 atom stereocenters. The monoisotopic (exact) mass is 314 g/mol. The van der Waals surface area contributed by atoms with Gasteiger partial charge in [-0.25, -0.2) is 0 Å². The van der Waals surface area contributed by atoms with E-state index in [0.29, 0.717) is 6.04 Å². The van der Waals surface area contributed by atoms with Crippen LogP contribution in [-0.2, 0) is 0 Å². The number of nitrogens with one attached hydrogen (secondary N) is 1. The van der Waals surface area contributed by atoms with Crippen LogP contribution in [0, 0.1) is 6.92 Å². The molecule has 0 saturated carbocycles. The number of hydrogen-bond acceptors (Lipinski definition) is 3. The molecule has 20 heavy (non-hydrogen) atoms. The fraction of sp³-hybridized carbons (Fsp3) is 0.533. The van der Waals surface area contributed by atoms with E-state index in [2.05, 4.69) is 11.4 Å². The average Bonchev–Trinajstić information content (AvgIpc) is 2.47. The van der Waals surface area contributed by atoms with E-state index in [1.54, 1.807) is 11.8 Å². The standard InChI is InChI=1S/C15H22N2OS.ClH/c1-11-4-5-13(19-3)10-14(11)15(18)17(2)12-6-8-16-9-7-12;/h4-5,10,12,16H,6-9H2,1-3H3;1H. The average molecular weight is 315 g/mol. The molecule has 0 aliphatic carbocycles. The number of carbonyl (C=O) groups is 1. The first-order valence-corrected chi connectivity index (χ1v) is 7.98. The van der Waals surface area contributed by atoms with Gasteiger partial charge in [0.15, 0.2) is 0 Å². The Morgan fingerprint density at radius 2 is 2.00 bits per heavy atom. The van der Waals surface area contributed by atoms with Crippen molar-refractivity contribution in [1.82, 2.24) is 10.2 Å². The number of halogens is 1. The lowest BCUT2D eigenvalue weighted by atomic mass is 10.0. The maximum absolute atomic E-state index is 12.6. The molecule has 5 heteroatoms. The number of aryl methyl sites for hydroxylation is 1. The summed E-state index contributed by atoms with van der Waals surface area (Å²) in [5, 5.41) is 3.34. The molecule has 1 aliphatic rings. The third-order valence-corrected chi connectivity index (χ3v) is 4.58. The molecule has 0 bridgehead atoms. The molecule has 112 valence electrons. The fourth-order valence-electron chi connectivity index (χ4n) is 2.51. The van der Waals surface area contributed by atoms with Crippen LogP contribution in [0.5, 0.6) is 0 Å². The van der Waals surface area contributed by atoms with E-state index in [1.165, 1.54) is 0 Å². The Morgan fingerprint density at radius 1 is 1.35 bits per heavy atom. The summed E-state index contributed by atoms with van der Waals surface area (Å²) in [5.41, 5.74) is 1.90. The Kier molecular flexibility index (Phi) is 6.86. The molecule has 1 aliphatic heterocycles. The van der Waals surface area contributed by atoms with Gasteiger partial charge in [0.25, 0.3) is 5.91 Å².